The van der Waals surface area contributed by atoms with Crippen LogP contribution in [0, 0.1) is 0 Å². The van der Waals surface area contributed by atoms with Crippen LogP contribution in [0.25, 0.3) is 0 Å². The summed E-state index contributed by atoms with van der Waals surface area (Å²) >= 11 is 0. The summed E-state index contributed by atoms with van der Waals surface area (Å²) in [5, 5.41) is 3.30. The van der Waals surface area contributed by atoms with Crippen LogP contribution in [0.4, 0.5) is 5.69 Å². The Morgan fingerprint density at radius 1 is 1.26 bits per heavy atom. The number of benzene rings is 1. The molecule has 1 aromatic rings. The van der Waals surface area contributed by atoms with E-state index in [0.29, 0.717) is 11.8 Å². The molecule has 1 aromatic carbocycles. The lowest BCUT2D eigenvalue weighted by atomic mass is 10.2. The predicted molar refractivity (Wildman–Crippen MR) is 71.6 cm³/mol. The summed E-state index contributed by atoms with van der Waals surface area (Å²) in [4.78, 5) is 14.2. The Hall–Kier alpha value is -1.75. The summed E-state index contributed by atoms with van der Waals surface area (Å²) in [7, 11) is 0. The number of hydrogen-bond acceptors (Lipinski definition) is 4. The molecule has 102 valence electrons. The van der Waals surface area contributed by atoms with E-state index in [4.69, 9.17) is 9.47 Å². The SMILES string of the molecule is CC1CCN(c2ccc3c(c2)OCO3)C(=O)C(C)N1. The average Bonchev–Trinajstić information content (AvgIpc) is 2.81. The third-order valence-electron chi connectivity index (χ3n) is 3.62. The molecule has 2 atom stereocenters. The Morgan fingerprint density at radius 3 is 2.89 bits per heavy atom. The maximum atomic E-state index is 12.4. The van der Waals surface area contributed by atoms with Crippen molar-refractivity contribution in [2.24, 2.45) is 0 Å². The molecule has 1 amide bonds. The van der Waals surface area contributed by atoms with Crippen LogP contribution in [0.15, 0.2) is 18.2 Å². The number of nitrogens with zero attached hydrogens (tertiary/aromatic N) is 1. The zero-order valence-electron chi connectivity index (χ0n) is 11.2. The van der Waals surface area contributed by atoms with Gasteiger partial charge in [0.2, 0.25) is 12.7 Å². The normalized spacial score (nSPS) is 26.4. The Morgan fingerprint density at radius 2 is 2.05 bits per heavy atom. The molecule has 0 bridgehead atoms. The summed E-state index contributed by atoms with van der Waals surface area (Å²) < 4.78 is 10.7. The summed E-state index contributed by atoms with van der Waals surface area (Å²) in [5.41, 5.74) is 0.872. The highest BCUT2D eigenvalue weighted by atomic mass is 16.7. The quantitative estimate of drug-likeness (QED) is 0.833. The fourth-order valence-electron chi connectivity index (χ4n) is 2.56. The molecule has 1 saturated heterocycles. The Kier molecular flexibility index (Phi) is 3.06. The van der Waals surface area contributed by atoms with E-state index in [2.05, 4.69) is 12.2 Å². The largest absolute Gasteiger partial charge is 0.454 e. The number of carbonyl (C=O) groups is 1. The molecule has 5 nitrogen and oxygen atoms in total. The number of ether oxygens (including phenoxy) is 2. The molecule has 0 radical (unpaired) electrons. The number of anilines is 1. The monoisotopic (exact) mass is 262 g/mol. The van der Waals surface area contributed by atoms with Gasteiger partial charge in [-0.25, -0.2) is 0 Å². The number of hydrogen-bond donors (Lipinski definition) is 1. The summed E-state index contributed by atoms with van der Waals surface area (Å²) in [5.74, 6) is 1.55. The fraction of sp³-hybridized carbons (Fsp3) is 0.500. The Bertz CT molecular complexity index is 503. The van der Waals surface area contributed by atoms with Gasteiger partial charge in [-0.3, -0.25) is 4.79 Å². The zero-order valence-corrected chi connectivity index (χ0v) is 11.2. The highest BCUT2D eigenvalue weighted by Gasteiger charge is 2.28. The Balaban J connectivity index is 1.89. The second kappa shape index (κ2) is 4.74. The van der Waals surface area contributed by atoms with Crippen molar-refractivity contribution in [2.75, 3.05) is 18.2 Å². The van der Waals surface area contributed by atoms with E-state index in [1.807, 2.05) is 30.0 Å². The lowest BCUT2D eigenvalue weighted by Crippen LogP contribution is -2.43. The number of carbonyl (C=O) groups excluding carboxylic acids is 1. The van der Waals surface area contributed by atoms with Gasteiger partial charge < -0.3 is 19.7 Å². The van der Waals surface area contributed by atoms with Crippen molar-refractivity contribution in [1.82, 2.24) is 5.32 Å². The standard InChI is InChI=1S/C14H18N2O3/c1-9-5-6-16(14(17)10(2)15-9)11-3-4-12-13(7-11)19-8-18-12/h3-4,7,9-10,15H,5-6,8H2,1-2H3. The van der Waals surface area contributed by atoms with Gasteiger partial charge in [-0.05, 0) is 32.4 Å². The van der Waals surface area contributed by atoms with E-state index in [9.17, 15) is 4.79 Å². The maximum Gasteiger partial charge on any atom is 0.243 e. The van der Waals surface area contributed by atoms with Gasteiger partial charge >= 0.3 is 0 Å². The third-order valence-corrected chi connectivity index (χ3v) is 3.62. The van der Waals surface area contributed by atoms with Gasteiger partial charge in [0.15, 0.2) is 11.5 Å². The molecule has 2 aliphatic heterocycles. The first kappa shape index (κ1) is 12.3. The summed E-state index contributed by atoms with van der Waals surface area (Å²) in [6, 6.07) is 5.83. The van der Waals surface area contributed by atoms with Crippen LogP contribution in [0.2, 0.25) is 0 Å². The minimum atomic E-state index is -0.164. The number of amides is 1. The van der Waals surface area contributed by atoms with Gasteiger partial charge in [-0.1, -0.05) is 0 Å². The topological polar surface area (TPSA) is 50.8 Å². The average molecular weight is 262 g/mol. The van der Waals surface area contributed by atoms with Crippen molar-refractivity contribution in [2.45, 2.75) is 32.4 Å². The molecule has 0 spiro atoms. The van der Waals surface area contributed by atoms with Crippen molar-refractivity contribution in [1.29, 1.82) is 0 Å². The van der Waals surface area contributed by atoms with Gasteiger partial charge in [0.05, 0.1) is 6.04 Å². The van der Waals surface area contributed by atoms with Crippen molar-refractivity contribution < 1.29 is 14.3 Å². The first-order valence-corrected chi connectivity index (χ1v) is 6.62. The zero-order chi connectivity index (χ0) is 13.4. The number of fused-ring (bicyclic) bond motifs is 1. The molecule has 5 heteroatoms. The van der Waals surface area contributed by atoms with Crippen LogP contribution in [0.3, 0.4) is 0 Å². The molecule has 19 heavy (non-hydrogen) atoms. The van der Waals surface area contributed by atoms with Crippen molar-refractivity contribution in [3.63, 3.8) is 0 Å². The van der Waals surface area contributed by atoms with Crippen LogP contribution in [-0.4, -0.2) is 31.3 Å². The molecule has 2 heterocycles. The van der Waals surface area contributed by atoms with Crippen LogP contribution >= 0.6 is 0 Å². The van der Waals surface area contributed by atoms with Crippen molar-refractivity contribution >= 4 is 11.6 Å². The second-order valence-electron chi connectivity index (χ2n) is 5.11. The van der Waals surface area contributed by atoms with Crippen LogP contribution in [0.1, 0.15) is 20.3 Å². The van der Waals surface area contributed by atoms with Crippen molar-refractivity contribution in [3.05, 3.63) is 18.2 Å². The van der Waals surface area contributed by atoms with Gasteiger partial charge in [-0.2, -0.15) is 0 Å². The molecule has 1 N–H and O–H groups in total. The van der Waals surface area contributed by atoms with Crippen LogP contribution in [0.5, 0.6) is 11.5 Å². The smallest absolute Gasteiger partial charge is 0.243 e. The first-order valence-electron chi connectivity index (χ1n) is 6.62. The third kappa shape index (κ3) is 2.26. The molecule has 0 saturated carbocycles. The minimum absolute atomic E-state index is 0.100. The first-order chi connectivity index (χ1) is 9.15. The molecule has 0 aliphatic carbocycles. The summed E-state index contributed by atoms with van der Waals surface area (Å²) in [6.45, 7) is 4.98. The molecule has 2 aliphatic rings. The molecule has 3 rings (SSSR count). The van der Waals surface area contributed by atoms with Crippen molar-refractivity contribution in [3.8, 4) is 11.5 Å². The number of nitrogens with one attached hydrogen (secondary N) is 1. The van der Waals surface area contributed by atoms with E-state index in [1.54, 1.807) is 0 Å². The molecular weight excluding hydrogens is 244 g/mol. The van der Waals surface area contributed by atoms with Gasteiger partial charge in [0.25, 0.3) is 0 Å². The van der Waals surface area contributed by atoms with E-state index >= 15 is 0 Å². The Labute approximate surface area is 112 Å². The number of rotatable bonds is 1. The van der Waals surface area contributed by atoms with Gasteiger partial charge in [0.1, 0.15) is 0 Å². The molecule has 0 aromatic heterocycles. The lowest BCUT2D eigenvalue weighted by Gasteiger charge is -2.22. The van der Waals surface area contributed by atoms with Gasteiger partial charge in [0, 0.05) is 24.3 Å². The van der Waals surface area contributed by atoms with Crippen LogP contribution in [-0.2, 0) is 4.79 Å². The molecule has 1 fully saturated rings. The summed E-state index contributed by atoms with van der Waals surface area (Å²) in [6.07, 6.45) is 0.935. The second-order valence-corrected chi connectivity index (χ2v) is 5.11. The van der Waals surface area contributed by atoms with E-state index in [-0.39, 0.29) is 18.7 Å². The van der Waals surface area contributed by atoms with Crippen LogP contribution < -0.4 is 19.7 Å². The minimum Gasteiger partial charge on any atom is -0.454 e. The lowest BCUT2D eigenvalue weighted by molar-refractivity contribution is -0.119. The predicted octanol–water partition coefficient (Wildman–Crippen LogP) is 1.52. The highest BCUT2D eigenvalue weighted by Crippen LogP contribution is 2.35. The van der Waals surface area contributed by atoms with E-state index in [0.717, 1.165) is 24.4 Å². The van der Waals surface area contributed by atoms with E-state index < -0.39 is 0 Å². The maximum absolute atomic E-state index is 12.4. The fourth-order valence-corrected chi connectivity index (χ4v) is 2.56. The highest BCUT2D eigenvalue weighted by molar-refractivity contribution is 5.97. The van der Waals surface area contributed by atoms with E-state index in [1.165, 1.54) is 0 Å². The molecule has 2 unspecified atom stereocenters. The molecular formula is C14H18N2O3. The van der Waals surface area contributed by atoms with Gasteiger partial charge in [-0.15, -0.1) is 0 Å².